The van der Waals surface area contributed by atoms with Gasteiger partial charge in [0.2, 0.25) is 5.91 Å². The van der Waals surface area contributed by atoms with E-state index in [1.165, 1.54) is 12.1 Å². The molecule has 0 radical (unpaired) electrons. The van der Waals surface area contributed by atoms with E-state index < -0.39 is 30.1 Å². The lowest BCUT2D eigenvalue weighted by atomic mass is 10.1. The zero-order chi connectivity index (χ0) is 15.3. The maximum atomic E-state index is 13.5. The molecular weight excluding hydrogens is 268 g/mol. The van der Waals surface area contributed by atoms with Crippen molar-refractivity contribution < 1.29 is 23.5 Å². The molecule has 0 bridgehead atoms. The van der Waals surface area contributed by atoms with E-state index in [1.807, 2.05) is 13.8 Å². The number of halogens is 2. The first kappa shape index (κ1) is 16.1. The number of carboxylic acid groups (broad SMARTS) is 1. The molecule has 20 heavy (non-hydrogen) atoms. The summed E-state index contributed by atoms with van der Waals surface area (Å²) in [5.41, 5.74) is -0.0749. The predicted molar refractivity (Wildman–Crippen MR) is 69.1 cm³/mol. The highest BCUT2D eigenvalue weighted by Gasteiger charge is 2.20. The number of benzene rings is 1. The highest BCUT2D eigenvalue weighted by Crippen LogP contribution is 2.13. The lowest BCUT2D eigenvalue weighted by molar-refractivity contribution is -0.144. The number of amides is 1. The fourth-order valence-electron chi connectivity index (χ4n) is 1.82. The van der Waals surface area contributed by atoms with Crippen LogP contribution in [0, 0.1) is 17.6 Å². The van der Waals surface area contributed by atoms with E-state index in [4.69, 9.17) is 5.11 Å². The van der Waals surface area contributed by atoms with Crippen molar-refractivity contribution in [2.45, 2.75) is 20.3 Å². The summed E-state index contributed by atoms with van der Waals surface area (Å²) < 4.78 is 26.5. The van der Waals surface area contributed by atoms with Gasteiger partial charge in [-0.25, -0.2) is 8.78 Å². The second kappa shape index (κ2) is 6.98. The van der Waals surface area contributed by atoms with Crippen LogP contribution in [0.15, 0.2) is 18.2 Å². The van der Waals surface area contributed by atoms with Gasteiger partial charge in [-0.3, -0.25) is 9.59 Å². The highest BCUT2D eigenvalue weighted by atomic mass is 19.2. The normalized spacial score (nSPS) is 10.7. The third-order valence-electron chi connectivity index (χ3n) is 2.64. The molecule has 0 aliphatic rings. The van der Waals surface area contributed by atoms with Crippen molar-refractivity contribution >= 4 is 11.9 Å². The Morgan fingerprint density at radius 2 is 1.95 bits per heavy atom. The SMILES string of the molecule is CC(C)CN(CC(=O)O)C(=O)Cc1cccc(F)c1F. The lowest BCUT2D eigenvalue weighted by Gasteiger charge is -2.22. The molecule has 4 nitrogen and oxygen atoms in total. The second-order valence-corrected chi connectivity index (χ2v) is 4.95. The Hall–Kier alpha value is -1.98. The molecule has 0 unspecified atom stereocenters. The van der Waals surface area contributed by atoms with Crippen molar-refractivity contribution in [2.75, 3.05) is 13.1 Å². The minimum Gasteiger partial charge on any atom is -0.480 e. The Kier molecular flexibility index (Phi) is 5.61. The molecule has 0 atom stereocenters. The molecule has 1 rings (SSSR count). The summed E-state index contributed by atoms with van der Waals surface area (Å²) in [6.07, 6.45) is -0.358. The van der Waals surface area contributed by atoms with E-state index in [9.17, 15) is 18.4 Å². The zero-order valence-electron chi connectivity index (χ0n) is 11.4. The Morgan fingerprint density at radius 3 is 2.50 bits per heavy atom. The molecule has 0 aliphatic heterocycles. The van der Waals surface area contributed by atoms with Crippen LogP contribution in [0.3, 0.4) is 0 Å². The fraction of sp³-hybridized carbons (Fsp3) is 0.429. The number of rotatable bonds is 6. The summed E-state index contributed by atoms with van der Waals surface area (Å²) in [6, 6.07) is 3.59. The lowest BCUT2D eigenvalue weighted by Crippen LogP contribution is -2.39. The summed E-state index contributed by atoms with van der Waals surface area (Å²) in [5, 5.41) is 8.78. The van der Waals surface area contributed by atoms with Crippen LogP contribution in [0.2, 0.25) is 0 Å². The maximum absolute atomic E-state index is 13.5. The molecule has 0 saturated carbocycles. The van der Waals surface area contributed by atoms with Crippen LogP contribution in [0.1, 0.15) is 19.4 Å². The standard InChI is InChI=1S/C14H17F2NO3/c1-9(2)7-17(8-13(19)20)12(18)6-10-4-3-5-11(15)14(10)16/h3-5,9H,6-8H2,1-2H3,(H,19,20). The van der Waals surface area contributed by atoms with Crippen molar-refractivity contribution in [1.29, 1.82) is 0 Å². The van der Waals surface area contributed by atoms with E-state index in [2.05, 4.69) is 0 Å². The van der Waals surface area contributed by atoms with Crippen LogP contribution >= 0.6 is 0 Å². The van der Waals surface area contributed by atoms with Crippen molar-refractivity contribution in [3.63, 3.8) is 0 Å². The molecule has 1 aromatic carbocycles. The molecule has 6 heteroatoms. The average molecular weight is 285 g/mol. The predicted octanol–water partition coefficient (Wildman–Crippen LogP) is 2.08. The van der Waals surface area contributed by atoms with Gasteiger partial charge in [0.05, 0.1) is 6.42 Å². The number of aliphatic carboxylic acids is 1. The van der Waals surface area contributed by atoms with E-state index in [0.29, 0.717) is 0 Å². The van der Waals surface area contributed by atoms with Crippen LogP contribution in [0.25, 0.3) is 0 Å². The van der Waals surface area contributed by atoms with Gasteiger partial charge < -0.3 is 10.0 Å². The molecule has 0 aromatic heterocycles. The molecular formula is C14H17F2NO3. The van der Waals surface area contributed by atoms with Crippen molar-refractivity contribution in [1.82, 2.24) is 4.90 Å². The Labute approximate surface area is 116 Å². The molecule has 1 amide bonds. The highest BCUT2D eigenvalue weighted by molar-refractivity contribution is 5.83. The molecule has 0 aliphatic carbocycles. The van der Waals surface area contributed by atoms with Gasteiger partial charge in [0.15, 0.2) is 11.6 Å². The molecule has 0 spiro atoms. The number of carboxylic acids is 1. The van der Waals surface area contributed by atoms with Gasteiger partial charge in [-0.2, -0.15) is 0 Å². The van der Waals surface area contributed by atoms with Crippen molar-refractivity contribution in [2.24, 2.45) is 5.92 Å². The quantitative estimate of drug-likeness (QED) is 0.870. The van der Waals surface area contributed by atoms with E-state index in [0.717, 1.165) is 11.0 Å². The smallest absolute Gasteiger partial charge is 0.323 e. The van der Waals surface area contributed by atoms with E-state index in [1.54, 1.807) is 0 Å². The van der Waals surface area contributed by atoms with Gasteiger partial charge in [0.25, 0.3) is 0 Å². The third kappa shape index (κ3) is 4.60. The van der Waals surface area contributed by atoms with Crippen molar-refractivity contribution in [3.05, 3.63) is 35.4 Å². The first-order valence-electron chi connectivity index (χ1n) is 6.23. The Bertz CT molecular complexity index is 503. The van der Waals surface area contributed by atoms with Crippen LogP contribution in [0.5, 0.6) is 0 Å². The molecule has 1 aromatic rings. The Morgan fingerprint density at radius 1 is 1.30 bits per heavy atom. The van der Waals surface area contributed by atoms with E-state index in [-0.39, 0.29) is 24.4 Å². The average Bonchev–Trinajstić information content (AvgIpc) is 2.33. The largest absolute Gasteiger partial charge is 0.480 e. The fourth-order valence-corrected chi connectivity index (χ4v) is 1.82. The summed E-state index contributed by atoms with van der Waals surface area (Å²) in [6.45, 7) is 3.48. The van der Waals surface area contributed by atoms with Gasteiger partial charge in [0, 0.05) is 12.1 Å². The van der Waals surface area contributed by atoms with Gasteiger partial charge in [-0.1, -0.05) is 26.0 Å². The van der Waals surface area contributed by atoms with Crippen LogP contribution in [-0.2, 0) is 16.0 Å². The first-order valence-corrected chi connectivity index (χ1v) is 6.23. The summed E-state index contributed by atoms with van der Waals surface area (Å²) in [7, 11) is 0. The van der Waals surface area contributed by atoms with E-state index >= 15 is 0 Å². The monoisotopic (exact) mass is 285 g/mol. The summed E-state index contributed by atoms with van der Waals surface area (Å²) in [4.78, 5) is 23.9. The minimum absolute atomic E-state index is 0.0749. The number of carbonyl (C=O) groups is 2. The van der Waals surface area contributed by atoms with Crippen LogP contribution in [0.4, 0.5) is 8.78 Å². The third-order valence-corrected chi connectivity index (χ3v) is 2.64. The number of hydrogen-bond donors (Lipinski definition) is 1. The zero-order valence-corrected chi connectivity index (χ0v) is 11.4. The minimum atomic E-state index is -1.14. The summed E-state index contributed by atoms with van der Waals surface area (Å²) in [5.74, 6) is -3.69. The van der Waals surface area contributed by atoms with Crippen molar-refractivity contribution in [3.8, 4) is 0 Å². The number of hydrogen-bond acceptors (Lipinski definition) is 2. The topological polar surface area (TPSA) is 57.6 Å². The number of nitrogens with zero attached hydrogens (tertiary/aromatic N) is 1. The van der Waals surface area contributed by atoms with Crippen LogP contribution < -0.4 is 0 Å². The van der Waals surface area contributed by atoms with Gasteiger partial charge in [-0.15, -0.1) is 0 Å². The molecule has 0 fully saturated rings. The first-order chi connectivity index (χ1) is 9.31. The van der Waals surface area contributed by atoms with Crippen LogP contribution in [-0.4, -0.2) is 35.0 Å². The van der Waals surface area contributed by atoms with Gasteiger partial charge in [-0.05, 0) is 12.0 Å². The Balaban J connectivity index is 2.84. The number of carbonyl (C=O) groups excluding carboxylic acids is 1. The maximum Gasteiger partial charge on any atom is 0.323 e. The molecule has 110 valence electrons. The molecule has 1 N–H and O–H groups in total. The molecule has 0 saturated heterocycles. The van der Waals surface area contributed by atoms with Gasteiger partial charge >= 0.3 is 5.97 Å². The van der Waals surface area contributed by atoms with Gasteiger partial charge in [0.1, 0.15) is 6.54 Å². The summed E-state index contributed by atoms with van der Waals surface area (Å²) >= 11 is 0. The second-order valence-electron chi connectivity index (χ2n) is 4.95. The molecule has 0 heterocycles.